The Morgan fingerprint density at radius 3 is 2.45 bits per heavy atom. The smallest absolute Gasteiger partial charge is 0.305 e. The topological polar surface area (TPSA) is 117 Å². The zero-order valence-corrected chi connectivity index (χ0v) is 19.2. The summed E-state index contributed by atoms with van der Waals surface area (Å²) in [5.74, 6) is -0.0283. The highest BCUT2D eigenvalue weighted by Gasteiger charge is 2.24. The van der Waals surface area contributed by atoms with Gasteiger partial charge in [0.1, 0.15) is 10.6 Å². The SMILES string of the molecule is CCCCNc1cc(C(=S)OC(C)OC(C)=O)cc(S(N)(=O)=O)c1Oc1ccccc1. The van der Waals surface area contributed by atoms with Crippen molar-refractivity contribution in [3.8, 4) is 11.5 Å². The maximum atomic E-state index is 12.4. The number of benzene rings is 2. The second kappa shape index (κ2) is 11.1. The molecule has 168 valence electrons. The summed E-state index contributed by atoms with van der Waals surface area (Å²) < 4.78 is 41.0. The summed E-state index contributed by atoms with van der Waals surface area (Å²) in [5.41, 5.74) is 0.669. The van der Waals surface area contributed by atoms with Crippen LogP contribution in [-0.2, 0) is 24.3 Å². The van der Waals surface area contributed by atoms with Crippen LogP contribution in [0.4, 0.5) is 5.69 Å². The van der Waals surface area contributed by atoms with Crippen molar-refractivity contribution >= 4 is 38.9 Å². The normalized spacial score (nSPS) is 12.0. The Balaban J connectivity index is 2.52. The molecule has 0 bridgehead atoms. The number of hydrogen-bond acceptors (Lipinski definition) is 8. The molecule has 0 aromatic heterocycles. The van der Waals surface area contributed by atoms with E-state index in [1.807, 2.05) is 13.0 Å². The molecule has 0 spiro atoms. The first-order valence-corrected chi connectivity index (χ1v) is 11.6. The van der Waals surface area contributed by atoms with E-state index >= 15 is 0 Å². The van der Waals surface area contributed by atoms with Crippen LogP contribution in [0.2, 0.25) is 0 Å². The number of primary sulfonamides is 1. The molecule has 0 aliphatic heterocycles. The van der Waals surface area contributed by atoms with E-state index in [1.54, 1.807) is 30.3 Å². The molecule has 10 heteroatoms. The Morgan fingerprint density at radius 1 is 1.19 bits per heavy atom. The highest BCUT2D eigenvalue weighted by Crippen LogP contribution is 2.37. The standard InChI is InChI=1S/C21H26N2O6S2/c1-4-5-11-23-18-12-16(21(30)28-15(3)27-14(2)24)13-19(31(22,25)26)20(18)29-17-9-7-6-8-10-17/h6-10,12-13,15,23H,4-5,11H2,1-3H3,(H2,22,25,26). The lowest BCUT2D eigenvalue weighted by Crippen LogP contribution is -2.21. The maximum absolute atomic E-state index is 12.4. The summed E-state index contributed by atoms with van der Waals surface area (Å²) in [5, 5.41) is 8.61. The quantitative estimate of drug-likeness (QED) is 0.234. The van der Waals surface area contributed by atoms with Crippen LogP contribution in [-0.4, -0.2) is 32.3 Å². The highest BCUT2D eigenvalue weighted by atomic mass is 32.2. The van der Waals surface area contributed by atoms with Gasteiger partial charge in [0.05, 0.1) is 5.69 Å². The van der Waals surface area contributed by atoms with E-state index in [0.717, 1.165) is 12.8 Å². The molecule has 31 heavy (non-hydrogen) atoms. The molecule has 8 nitrogen and oxygen atoms in total. The largest absolute Gasteiger partial charge is 0.454 e. The minimum absolute atomic E-state index is 0.0524. The van der Waals surface area contributed by atoms with Gasteiger partial charge >= 0.3 is 5.97 Å². The molecule has 0 saturated heterocycles. The molecule has 0 aliphatic rings. The zero-order valence-electron chi connectivity index (χ0n) is 17.6. The number of carbonyl (C=O) groups is 1. The molecule has 1 unspecified atom stereocenters. The van der Waals surface area contributed by atoms with Crippen molar-refractivity contribution in [2.24, 2.45) is 5.14 Å². The number of thiocarbonyl (C=S) groups is 1. The number of sulfonamides is 1. The molecule has 0 amide bonds. The van der Waals surface area contributed by atoms with Gasteiger partial charge in [-0.25, -0.2) is 13.6 Å². The fourth-order valence-corrected chi connectivity index (χ4v) is 3.61. The molecule has 2 aromatic rings. The number of carbonyl (C=O) groups excluding carboxylic acids is 1. The molecule has 0 aliphatic carbocycles. The van der Waals surface area contributed by atoms with Gasteiger partial charge in [0.15, 0.2) is 10.8 Å². The van der Waals surface area contributed by atoms with Crippen molar-refractivity contribution in [1.82, 2.24) is 0 Å². The summed E-state index contributed by atoms with van der Waals surface area (Å²) in [6.07, 6.45) is 0.842. The van der Waals surface area contributed by atoms with Crippen LogP contribution in [0, 0.1) is 0 Å². The number of hydrogen-bond donors (Lipinski definition) is 2. The van der Waals surface area contributed by atoms with Crippen molar-refractivity contribution in [3.05, 3.63) is 48.0 Å². The first-order valence-electron chi connectivity index (χ1n) is 9.67. The third-order valence-electron chi connectivity index (χ3n) is 4.01. The van der Waals surface area contributed by atoms with E-state index in [-0.39, 0.29) is 21.3 Å². The molecule has 0 fully saturated rings. The lowest BCUT2D eigenvalue weighted by Gasteiger charge is -2.19. The average molecular weight is 467 g/mol. The lowest BCUT2D eigenvalue weighted by molar-refractivity contribution is -0.159. The number of nitrogens with one attached hydrogen (secondary N) is 1. The van der Waals surface area contributed by atoms with Gasteiger partial charge in [-0.05, 0) is 42.9 Å². The number of para-hydroxylation sites is 1. The van der Waals surface area contributed by atoms with Crippen LogP contribution < -0.4 is 15.2 Å². The Hall–Kier alpha value is -2.69. The third kappa shape index (κ3) is 7.50. The number of anilines is 1. The van der Waals surface area contributed by atoms with E-state index in [2.05, 4.69) is 5.32 Å². The molecular formula is C21H26N2O6S2. The number of esters is 1. The van der Waals surface area contributed by atoms with Crippen LogP contribution in [0.25, 0.3) is 0 Å². The Labute approximate surface area is 187 Å². The van der Waals surface area contributed by atoms with Gasteiger partial charge in [0.25, 0.3) is 0 Å². The Morgan fingerprint density at radius 2 is 1.87 bits per heavy atom. The van der Waals surface area contributed by atoms with E-state index < -0.39 is 22.3 Å². The maximum Gasteiger partial charge on any atom is 0.305 e. The second-order valence-corrected chi connectivity index (χ2v) is 8.57. The van der Waals surface area contributed by atoms with E-state index in [4.69, 9.17) is 31.6 Å². The molecular weight excluding hydrogens is 440 g/mol. The van der Waals surface area contributed by atoms with Gasteiger partial charge in [0, 0.05) is 26.0 Å². The highest BCUT2D eigenvalue weighted by molar-refractivity contribution is 7.89. The van der Waals surface area contributed by atoms with E-state index in [0.29, 0.717) is 18.0 Å². The molecule has 1 atom stereocenters. The van der Waals surface area contributed by atoms with Crippen LogP contribution in [0.5, 0.6) is 11.5 Å². The summed E-state index contributed by atoms with van der Waals surface area (Å²) >= 11 is 5.28. The van der Waals surface area contributed by atoms with Crippen molar-refractivity contribution in [1.29, 1.82) is 0 Å². The van der Waals surface area contributed by atoms with Gasteiger partial charge in [-0.3, -0.25) is 4.79 Å². The van der Waals surface area contributed by atoms with Crippen LogP contribution in [0.1, 0.15) is 39.2 Å². The van der Waals surface area contributed by atoms with Crippen LogP contribution in [0.15, 0.2) is 47.4 Å². The molecule has 2 aromatic carbocycles. The molecule has 0 heterocycles. The van der Waals surface area contributed by atoms with Crippen LogP contribution in [0.3, 0.4) is 0 Å². The summed E-state index contributed by atoms with van der Waals surface area (Å²) in [4.78, 5) is 10.9. The van der Waals surface area contributed by atoms with Crippen molar-refractivity contribution in [2.75, 3.05) is 11.9 Å². The van der Waals surface area contributed by atoms with Crippen molar-refractivity contribution in [2.45, 2.75) is 44.8 Å². The molecule has 0 radical (unpaired) electrons. The Kier molecular flexibility index (Phi) is 8.78. The predicted octanol–water partition coefficient (Wildman–Crippen LogP) is 3.94. The number of rotatable bonds is 10. The minimum Gasteiger partial charge on any atom is -0.454 e. The molecule has 3 N–H and O–H groups in total. The zero-order chi connectivity index (χ0) is 23.0. The van der Waals surface area contributed by atoms with Crippen molar-refractivity contribution in [3.63, 3.8) is 0 Å². The first-order chi connectivity index (χ1) is 14.6. The minimum atomic E-state index is -4.18. The van der Waals surface area contributed by atoms with Gasteiger partial charge in [0.2, 0.25) is 16.3 Å². The van der Waals surface area contributed by atoms with Gasteiger partial charge in [-0.2, -0.15) is 0 Å². The fourth-order valence-electron chi connectivity index (χ4n) is 2.65. The monoisotopic (exact) mass is 466 g/mol. The lowest BCUT2D eigenvalue weighted by atomic mass is 10.1. The van der Waals surface area contributed by atoms with Gasteiger partial charge in [-0.1, -0.05) is 31.5 Å². The molecule has 0 saturated carbocycles. The molecule has 2 rings (SSSR count). The number of nitrogens with two attached hydrogens (primary N) is 1. The van der Waals surface area contributed by atoms with Crippen molar-refractivity contribution < 1.29 is 27.4 Å². The first kappa shape index (κ1) is 24.6. The van der Waals surface area contributed by atoms with Gasteiger partial charge < -0.3 is 19.5 Å². The third-order valence-corrected chi connectivity index (χ3v) is 5.26. The Bertz CT molecular complexity index is 1030. The summed E-state index contributed by atoms with van der Waals surface area (Å²) in [7, 11) is -4.18. The summed E-state index contributed by atoms with van der Waals surface area (Å²) in [6.45, 7) is 5.36. The second-order valence-electron chi connectivity index (χ2n) is 6.67. The predicted molar refractivity (Wildman–Crippen MR) is 122 cm³/mol. The number of unbranched alkanes of at least 4 members (excludes halogenated alkanes) is 1. The fraction of sp³-hybridized carbons (Fsp3) is 0.333. The van der Waals surface area contributed by atoms with E-state index in [1.165, 1.54) is 19.9 Å². The number of ether oxygens (including phenoxy) is 3. The van der Waals surface area contributed by atoms with Crippen LogP contribution >= 0.6 is 12.2 Å². The van der Waals surface area contributed by atoms with Gasteiger partial charge in [-0.15, -0.1) is 0 Å². The summed E-state index contributed by atoms with van der Waals surface area (Å²) in [6, 6.07) is 11.6. The average Bonchev–Trinajstić information content (AvgIpc) is 2.68. The van der Waals surface area contributed by atoms with E-state index in [9.17, 15) is 13.2 Å².